The third-order valence-electron chi connectivity index (χ3n) is 3.68. The average molecular weight is 230 g/mol. The Morgan fingerprint density at radius 2 is 2.24 bits per heavy atom. The summed E-state index contributed by atoms with van der Waals surface area (Å²) in [5, 5.41) is 8.12. The van der Waals surface area contributed by atoms with Crippen molar-refractivity contribution in [2.75, 3.05) is 17.2 Å². The number of hydrogen-bond acceptors (Lipinski definition) is 3. The van der Waals surface area contributed by atoms with Crippen molar-refractivity contribution in [2.45, 2.75) is 26.3 Å². The van der Waals surface area contributed by atoms with Gasteiger partial charge in [-0.05, 0) is 31.4 Å². The molecule has 4 heteroatoms. The molecule has 0 amide bonds. The molecular formula is C13H18N4. The van der Waals surface area contributed by atoms with Gasteiger partial charge in [-0.15, -0.1) is 0 Å². The second-order valence-electron chi connectivity index (χ2n) is 5.21. The first kappa shape index (κ1) is 10.4. The van der Waals surface area contributed by atoms with E-state index in [1.165, 1.54) is 6.42 Å². The molecule has 0 radical (unpaired) electrons. The molecule has 90 valence electrons. The van der Waals surface area contributed by atoms with Crippen LogP contribution in [0.15, 0.2) is 18.3 Å². The van der Waals surface area contributed by atoms with Crippen LogP contribution in [0.1, 0.15) is 20.3 Å². The molecule has 0 spiro atoms. The minimum atomic E-state index is 0.563. The summed E-state index contributed by atoms with van der Waals surface area (Å²) in [5.74, 6) is 0.738. The highest BCUT2D eigenvalue weighted by Gasteiger charge is 2.27. The summed E-state index contributed by atoms with van der Waals surface area (Å²) in [4.78, 5) is 2.40. The number of nitrogen functional groups attached to an aromatic ring is 1. The highest BCUT2D eigenvalue weighted by molar-refractivity contribution is 5.89. The summed E-state index contributed by atoms with van der Waals surface area (Å²) in [6.45, 7) is 5.65. The Hall–Kier alpha value is -1.71. The molecule has 2 unspecified atom stereocenters. The van der Waals surface area contributed by atoms with E-state index >= 15 is 0 Å². The zero-order valence-electron chi connectivity index (χ0n) is 10.3. The largest absolute Gasteiger partial charge is 0.397 e. The van der Waals surface area contributed by atoms with Crippen LogP contribution in [0, 0.1) is 5.92 Å². The molecule has 3 N–H and O–H groups in total. The zero-order valence-corrected chi connectivity index (χ0v) is 10.3. The Kier molecular flexibility index (Phi) is 2.24. The molecular weight excluding hydrogens is 212 g/mol. The van der Waals surface area contributed by atoms with Gasteiger partial charge in [0.1, 0.15) is 0 Å². The van der Waals surface area contributed by atoms with Gasteiger partial charge in [-0.1, -0.05) is 6.92 Å². The Labute approximate surface area is 101 Å². The van der Waals surface area contributed by atoms with Gasteiger partial charge >= 0.3 is 0 Å². The molecule has 1 saturated heterocycles. The topological polar surface area (TPSA) is 57.9 Å². The molecule has 17 heavy (non-hydrogen) atoms. The molecule has 4 nitrogen and oxygen atoms in total. The summed E-state index contributed by atoms with van der Waals surface area (Å²) in [6, 6.07) is 4.68. The number of H-pyrrole nitrogens is 1. The van der Waals surface area contributed by atoms with Crippen molar-refractivity contribution in [2.24, 2.45) is 5.92 Å². The number of hydrogen-bond donors (Lipinski definition) is 2. The van der Waals surface area contributed by atoms with Gasteiger partial charge in [-0.2, -0.15) is 5.10 Å². The molecule has 1 fully saturated rings. The Balaban J connectivity index is 2.07. The van der Waals surface area contributed by atoms with Gasteiger partial charge in [0.05, 0.1) is 23.1 Å². The lowest BCUT2D eigenvalue weighted by Gasteiger charge is -2.25. The van der Waals surface area contributed by atoms with E-state index in [9.17, 15) is 0 Å². The van der Waals surface area contributed by atoms with Gasteiger partial charge in [0, 0.05) is 18.0 Å². The Bertz CT molecular complexity index is 545. The van der Waals surface area contributed by atoms with Gasteiger partial charge < -0.3 is 10.6 Å². The van der Waals surface area contributed by atoms with Gasteiger partial charge in [0.2, 0.25) is 0 Å². The lowest BCUT2D eigenvalue weighted by molar-refractivity contribution is 0.625. The minimum Gasteiger partial charge on any atom is -0.397 e. The Morgan fingerprint density at radius 1 is 1.41 bits per heavy atom. The van der Waals surface area contributed by atoms with Crippen molar-refractivity contribution in [1.29, 1.82) is 0 Å². The van der Waals surface area contributed by atoms with Gasteiger partial charge in [-0.3, -0.25) is 5.10 Å². The van der Waals surface area contributed by atoms with Crippen LogP contribution in [-0.4, -0.2) is 22.8 Å². The van der Waals surface area contributed by atoms with Crippen LogP contribution in [0.25, 0.3) is 10.9 Å². The van der Waals surface area contributed by atoms with Crippen molar-refractivity contribution in [3.63, 3.8) is 0 Å². The van der Waals surface area contributed by atoms with Crippen LogP contribution in [0.2, 0.25) is 0 Å². The predicted molar refractivity (Wildman–Crippen MR) is 71.1 cm³/mol. The molecule has 1 aliphatic heterocycles. The van der Waals surface area contributed by atoms with E-state index in [1.807, 2.05) is 12.3 Å². The fourth-order valence-electron chi connectivity index (χ4n) is 2.88. The Morgan fingerprint density at radius 3 is 2.94 bits per heavy atom. The fraction of sp³-hybridized carbons (Fsp3) is 0.462. The summed E-state index contributed by atoms with van der Waals surface area (Å²) < 4.78 is 0. The maximum Gasteiger partial charge on any atom is 0.0672 e. The van der Waals surface area contributed by atoms with Crippen molar-refractivity contribution < 1.29 is 0 Å². The SMILES string of the molecule is CC1CC(C)N(c2cc3[nH]ncc3cc2N)C1. The number of benzene rings is 1. The molecule has 1 aromatic heterocycles. The van der Waals surface area contributed by atoms with Crippen LogP contribution in [0.4, 0.5) is 11.4 Å². The van der Waals surface area contributed by atoms with E-state index < -0.39 is 0 Å². The highest BCUT2D eigenvalue weighted by Crippen LogP contribution is 2.34. The smallest absolute Gasteiger partial charge is 0.0672 e. The molecule has 0 aliphatic carbocycles. The van der Waals surface area contributed by atoms with Gasteiger partial charge in [0.15, 0.2) is 0 Å². The number of aromatic nitrogens is 2. The number of aromatic amines is 1. The minimum absolute atomic E-state index is 0.563. The molecule has 1 aromatic carbocycles. The standard InChI is InChI=1S/C13H18N4/c1-8-3-9(2)17(7-8)13-5-12-10(4-11(13)14)6-15-16-12/h4-6,8-9H,3,7,14H2,1-2H3,(H,15,16). The van der Waals surface area contributed by atoms with Crippen molar-refractivity contribution in [1.82, 2.24) is 10.2 Å². The lowest BCUT2D eigenvalue weighted by atomic mass is 10.1. The van der Waals surface area contributed by atoms with Crippen LogP contribution < -0.4 is 10.6 Å². The van der Waals surface area contributed by atoms with Gasteiger partial charge in [-0.25, -0.2) is 0 Å². The molecule has 0 bridgehead atoms. The maximum absolute atomic E-state index is 6.15. The number of nitrogens with zero attached hydrogens (tertiary/aromatic N) is 2. The van der Waals surface area contributed by atoms with E-state index in [4.69, 9.17) is 5.73 Å². The van der Waals surface area contributed by atoms with Crippen LogP contribution in [-0.2, 0) is 0 Å². The van der Waals surface area contributed by atoms with Crippen LogP contribution in [0.3, 0.4) is 0 Å². The predicted octanol–water partition coefficient (Wildman–Crippen LogP) is 2.38. The van der Waals surface area contributed by atoms with E-state index in [-0.39, 0.29) is 0 Å². The van der Waals surface area contributed by atoms with Crippen LogP contribution in [0.5, 0.6) is 0 Å². The molecule has 2 heterocycles. The molecule has 2 atom stereocenters. The monoisotopic (exact) mass is 230 g/mol. The lowest BCUT2D eigenvalue weighted by Crippen LogP contribution is -2.27. The number of rotatable bonds is 1. The second-order valence-corrected chi connectivity index (χ2v) is 5.21. The van der Waals surface area contributed by atoms with Crippen molar-refractivity contribution in [3.8, 4) is 0 Å². The quantitative estimate of drug-likeness (QED) is 0.739. The molecule has 1 aliphatic rings. The summed E-state index contributed by atoms with van der Waals surface area (Å²) in [6.07, 6.45) is 3.05. The normalized spacial score (nSPS) is 24.7. The van der Waals surface area contributed by atoms with E-state index in [0.717, 1.165) is 34.7 Å². The van der Waals surface area contributed by atoms with Gasteiger partial charge in [0.25, 0.3) is 0 Å². The van der Waals surface area contributed by atoms with Crippen molar-refractivity contribution in [3.05, 3.63) is 18.3 Å². The molecule has 0 saturated carbocycles. The number of nitrogens with two attached hydrogens (primary N) is 1. The average Bonchev–Trinajstić information content (AvgIpc) is 2.83. The summed E-state index contributed by atoms with van der Waals surface area (Å²) in [7, 11) is 0. The first-order chi connectivity index (χ1) is 8.15. The summed E-state index contributed by atoms with van der Waals surface area (Å²) in [5.41, 5.74) is 9.19. The molecule has 2 aromatic rings. The molecule has 3 rings (SSSR count). The summed E-state index contributed by atoms with van der Waals surface area (Å²) >= 11 is 0. The number of nitrogens with one attached hydrogen (secondary N) is 1. The number of anilines is 2. The van der Waals surface area contributed by atoms with Crippen molar-refractivity contribution >= 4 is 22.3 Å². The third kappa shape index (κ3) is 1.64. The third-order valence-corrected chi connectivity index (χ3v) is 3.68. The first-order valence-electron chi connectivity index (χ1n) is 6.14. The highest BCUT2D eigenvalue weighted by atomic mass is 15.2. The zero-order chi connectivity index (χ0) is 12.0. The van der Waals surface area contributed by atoms with E-state index in [0.29, 0.717) is 6.04 Å². The maximum atomic E-state index is 6.15. The first-order valence-corrected chi connectivity index (χ1v) is 6.14. The number of fused-ring (bicyclic) bond motifs is 1. The fourth-order valence-corrected chi connectivity index (χ4v) is 2.88. The van der Waals surface area contributed by atoms with Crippen LogP contribution >= 0.6 is 0 Å². The van der Waals surface area contributed by atoms with E-state index in [1.54, 1.807) is 0 Å². The van der Waals surface area contributed by atoms with E-state index in [2.05, 4.69) is 35.0 Å². The second kappa shape index (κ2) is 3.65.